The van der Waals surface area contributed by atoms with Gasteiger partial charge in [-0.05, 0) is 19.9 Å². The molecule has 2 fully saturated rings. The molecule has 0 radical (unpaired) electrons. The lowest BCUT2D eigenvalue weighted by molar-refractivity contribution is 0.0364. The fourth-order valence-corrected chi connectivity index (χ4v) is 3.95. The monoisotopic (exact) mass is 325 g/mol. The zero-order valence-corrected chi connectivity index (χ0v) is 13.5. The van der Waals surface area contributed by atoms with E-state index in [9.17, 15) is 0 Å². The Morgan fingerprint density at radius 2 is 2.29 bits per heavy atom. The third-order valence-electron chi connectivity index (χ3n) is 5.16. The van der Waals surface area contributed by atoms with Crippen molar-refractivity contribution in [1.29, 1.82) is 0 Å². The number of aryl methyl sites for hydroxylation is 1. The van der Waals surface area contributed by atoms with Gasteiger partial charge in [0.1, 0.15) is 29.9 Å². The SMILES string of the molecule is Cc1cn(-c2cc(NC3=NC[C@@]4(CN5CC[C@H]4C5)O3)ncn2)cn1. The summed E-state index contributed by atoms with van der Waals surface area (Å²) in [5.41, 5.74) is 0.817. The number of rotatable bonds is 2. The Bertz CT molecular complexity index is 816. The maximum absolute atomic E-state index is 6.22. The van der Waals surface area contributed by atoms with E-state index in [2.05, 4.69) is 30.2 Å². The van der Waals surface area contributed by atoms with Crippen LogP contribution in [0.5, 0.6) is 0 Å². The van der Waals surface area contributed by atoms with Gasteiger partial charge in [-0.1, -0.05) is 0 Å². The van der Waals surface area contributed by atoms with E-state index in [4.69, 9.17) is 4.74 Å². The van der Waals surface area contributed by atoms with Gasteiger partial charge in [0.2, 0.25) is 0 Å². The summed E-state index contributed by atoms with van der Waals surface area (Å²) in [6.07, 6.45) is 6.40. The predicted molar refractivity (Wildman–Crippen MR) is 88.2 cm³/mol. The van der Waals surface area contributed by atoms with Gasteiger partial charge in [-0.15, -0.1) is 0 Å². The van der Waals surface area contributed by atoms with Gasteiger partial charge in [0.15, 0.2) is 0 Å². The summed E-state index contributed by atoms with van der Waals surface area (Å²) in [6, 6.07) is 2.43. The Balaban J connectivity index is 1.32. The lowest BCUT2D eigenvalue weighted by atomic mass is 9.88. The van der Waals surface area contributed by atoms with Crippen molar-refractivity contribution in [3.05, 3.63) is 30.6 Å². The molecule has 1 N–H and O–H groups in total. The van der Waals surface area contributed by atoms with Crippen molar-refractivity contribution in [3.8, 4) is 5.82 Å². The number of ether oxygens (including phenoxy) is 1. The highest BCUT2D eigenvalue weighted by Gasteiger charge is 2.54. The number of hydrogen-bond donors (Lipinski definition) is 1. The van der Waals surface area contributed by atoms with E-state index >= 15 is 0 Å². The molecule has 124 valence electrons. The van der Waals surface area contributed by atoms with E-state index in [1.165, 1.54) is 19.3 Å². The van der Waals surface area contributed by atoms with Gasteiger partial charge in [0.05, 0.1) is 12.2 Å². The molecule has 1 spiro atoms. The van der Waals surface area contributed by atoms with Gasteiger partial charge in [-0.2, -0.15) is 0 Å². The number of amidine groups is 1. The number of aliphatic imine (C=N–C) groups is 1. The number of piperidine rings is 1. The van der Waals surface area contributed by atoms with Crippen molar-refractivity contribution in [3.63, 3.8) is 0 Å². The number of fused-ring (bicyclic) bond motifs is 3. The zero-order chi connectivity index (χ0) is 16.1. The molecule has 3 aliphatic rings. The molecule has 24 heavy (non-hydrogen) atoms. The second-order valence-electron chi connectivity index (χ2n) is 6.82. The van der Waals surface area contributed by atoms with Crippen LogP contribution in [-0.2, 0) is 4.74 Å². The topological polar surface area (TPSA) is 80.5 Å². The van der Waals surface area contributed by atoms with E-state index in [0.29, 0.717) is 17.8 Å². The normalized spacial score (nSPS) is 30.6. The molecule has 0 aliphatic carbocycles. The maximum Gasteiger partial charge on any atom is 0.291 e. The van der Waals surface area contributed by atoms with Gasteiger partial charge in [-0.3, -0.25) is 14.8 Å². The van der Waals surface area contributed by atoms with Crippen LogP contribution in [0.2, 0.25) is 0 Å². The van der Waals surface area contributed by atoms with Crippen LogP contribution in [0.15, 0.2) is 29.9 Å². The first-order valence-electron chi connectivity index (χ1n) is 8.26. The number of hydrogen-bond acceptors (Lipinski definition) is 7. The van der Waals surface area contributed by atoms with Gasteiger partial charge in [0, 0.05) is 31.3 Å². The summed E-state index contributed by atoms with van der Waals surface area (Å²) in [7, 11) is 0. The minimum absolute atomic E-state index is 0.127. The quantitative estimate of drug-likeness (QED) is 0.881. The van der Waals surface area contributed by atoms with Crippen LogP contribution in [0.1, 0.15) is 12.1 Å². The fourth-order valence-electron chi connectivity index (χ4n) is 3.95. The van der Waals surface area contributed by atoms with Crippen molar-refractivity contribution in [1.82, 2.24) is 24.4 Å². The van der Waals surface area contributed by atoms with Crippen LogP contribution in [0.4, 0.5) is 5.82 Å². The van der Waals surface area contributed by atoms with Crippen molar-refractivity contribution in [2.45, 2.75) is 18.9 Å². The summed E-state index contributed by atoms with van der Waals surface area (Å²) in [6.45, 7) is 5.99. The van der Waals surface area contributed by atoms with Crippen molar-refractivity contribution in [2.75, 3.05) is 31.5 Å². The van der Waals surface area contributed by atoms with E-state index in [1.807, 2.05) is 23.8 Å². The van der Waals surface area contributed by atoms with E-state index in [1.54, 1.807) is 6.33 Å². The summed E-state index contributed by atoms with van der Waals surface area (Å²) >= 11 is 0. The summed E-state index contributed by atoms with van der Waals surface area (Å²) in [5.74, 6) is 2.02. The zero-order valence-electron chi connectivity index (χ0n) is 13.5. The third-order valence-corrected chi connectivity index (χ3v) is 5.16. The van der Waals surface area contributed by atoms with Crippen LogP contribution in [-0.4, -0.2) is 62.2 Å². The lowest BCUT2D eigenvalue weighted by Crippen LogP contribution is -2.46. The van der Waals surface area contributed by atoms with Crippen molar-refractivity contribution in [2.24, 2.45) is 10.9 Å². The highest BCUT2D eigenvalue weighted by atomic mass is 16.5. The summed E-state index contributed by atoms with van der Waals surface area (Å²) in [4.78, 5) is 19.8. The predicted octanol–water partition coefficient (Wildman–Crippen LogP) is 0.843. The Morgan fingerprint density at radius 1 is 1.33 bits per heavy atom. The molecule has 0 saturated carbocycles. The maximum atomic E-state index is 6.22. The van der Waals surface area contributed by atoms with Crippen LogP contribution in [0.25, 0.3) is 5.82 Å². The molecule has 8 nitrogen and oxygen atoms in total. The molecule has 0 aromatic carbocycles. The third kappa shape index (κ3) is 2.17. The van der Waals surface area contributed by atoms with E-state index in [0.717, 1.165) is 31.1 Å². The molecule has 8 heteroatoms. The Kier molecular flexibility index (Phi) is 2.90. The first-order chi connectivity index (χ1) is 11.7. The molecule has 3 atom stereocenters. The number of imidazole rings is 1. The molecule has 2 bridgehead atoms. The molecule has 2 saturated heterocycles. The first-order valence-corrected chi connectivity index (χ1v) is 8.26. The van der Waals surface area contributed by atoms with Gasteiger partial charge in [0.25, 0.3) is 6.02 Å². The highest BCUT2D eigenvalue weighted by Crippen LogP contribution is 2.41. The van der Waals surface area contributed by atoms with Gasteiger partial charge in [-0.25, -0.2) is 19.9 Å². The first kappa shape index (κ1) is 13.9. The van der Waals surface area contributed by atoms with E-state index < -0.39 is 0 Å². The largest absolute Gasteiger partial charge is 0.455 e. The minimum Gasteiger partial charge on any atom is -0.455 e. The Morgan fingerprint density at radius 3 is 3.04 bits per heavy atom. The summed E-state index contributed by atoms with van der Waals surface area (Å²) < 4.78 is 8.08. The molecule has 2 aromatic heterocycles. The van der Waals surface area contributed by atoms with E-state index in [-0.39, 0.29) is 5.60 Å². The standard InChI is InChI=1S/C16H19N7O/c1-11-5-23(10-20-11)14-4-13(18-9-19-14)21-15-17-7-16(24-15)8-22-3-2-12(16)6-22/h4-5,9-10,12H,2-3,6-8H2,1H3,(H,17,18,19,21)/t12-,16-/m0/s1. The smallest absolute Gasteiger partial charge is 0.291 e. The van der Waals surface area contributed by atoms with Crippen LogP contribution in [0.3, 0.4) is 0 Å². The molecular formula is C16H19N7O. The number of nitrogens with one attached hydrogen (secondary N) is 1. The van der Waals surface area contributed by atoms with Gasteiger partial charge >= 0.3 is 0 Å². The molecular weight excluding hydrogens is 306 g/mol. The summed E-state index contributed by atoms with van der Waals surface area (Å²) in [5, 5.41) is 3.19. The van der Waals surface area contributed by atoms with Crippen LogP contribution >= 0.6 is 0 Å². The van der Waals surface area contributed by atoms with Gasteiger partial charge < -0.3 is 4.74 Å². The number of anilines is 1. The Hall–Kier alpha value is -2.48. The molecule has 3 aliphatic heterocycles. The minimum atomic E-state index is -0.127. The van der Waals surface area contributed by atoms with Crippen LogP contribution < -0.4 is 5.32 Å². The van der Waals surface area contributed by atoms with Crippen molar-refractivity contribution >= 4 is 11.8 Å². The molecule has 5 rings (SSSR count). The van der Waals surface area contributed by atoms with Crippen LogP contribution in [0, 0.1) is 12.8 Å². The molecule has 2 aromatic rings. The molecule has 0 amide bonds. The number of aromatic nitrogens is 4. The molecule has 1 unspecified atom stereocenters. The molecule has 5 heterocycles. The average Bonchev–Trinajstić information content (AvgIpc) is 3.34. The second-order valence-corrected chi connectivity index (χ2v) is 6.82. The Labute approximate surface area is 139 Å². The lowest BCUT2D eigenvalue weighted by Gasteiger charge is -2.32. The fraction of sp³-hybridized carbons (Fsp3) is 0.500. The highest BCUT2D eigenvalue weighted by molar-refractivity contribution is 5.89. The van der Waals surface area contributed by atoms with Crippen molar-refractivity contribution < 1.29 is 4.74 Å². The average molecular weight is 325 g/mol. The second kappa shape index (κ2) is 5.01. The number of nitrogens with zero attached hydrogens (tertiary/aromatic N) is 6.